The number of carbonyl (C=O) groups excluding carboxylic acids is 1. The van der Waals surface area contributed by atoms with Gasteiger partial charge in [0.25, 0.3) is 0 Å². The lowest BCUT2D eigenvalue weighted by molar-refractivity contribution is 0.0348. The van der Waals surface area contributed by atoms with E-state index in [0.717, 1.165) is 31.5 Å². The zero-order valence-electron chi connectivity index (χ0n) is 13.3. The number of amides is 1. The van der Waals surface area contributed by atoms with Crippen LogP contribution in [0.1, 0.15) is 41.2 Å². The number of rotatable bonds is 3. The summed E-state index contributed by atoms with van der Waals surface area (Å²) in [5, 5.41) is 9.49. The maximum atomic E-state index is 11.6. The molecular formula is C17H22N2O4. The van der Waals surface area contributed by atoms with Crippen molar-refractivity contribution in [2.24, 2.45) is 0 Å². The lowest BCUT2D eigenvalue weighted by Gasteiger charge is -2.45. The van der Waals surface area contributed by atoms with Crippen molar-refractivity contribution < 1.29 is 19.4 Å². The Kier molecular flexibility index (Phi) is 4.52. The van der Waals surface area contributed by atoms with Gasteiger partial charge in [-0.25, -0.2) is 9.59 Å². The quantitative estimate of drug-likeness (QED) is 0.866. The number of hydrogen-bond donors (Lipinski definition) is 1. The molecule has 2 aliphatic heterocycles. The van der Waals surface area contributed by atoms with Crippen molar-refractivity contribution in [2.45, 2.75) is 31.3 Å². The van der Waals surface area contributed by atoms with Gasteiger partial charge in [-0.1, -0.05) is 12.1 Å². The first-order valence-corrected chi connectivity index (χ1v) is 8.02. The molecule has 2 atom stereocenters. The summed E-state index contributed by atoms with van der Waals surface area (Å²) in [6, 6.07) is 7.38. The molecule has 0 bridgehead atoms. The predicted octanol–water partition coefficient (Wildman–Crippen LogP) is 2.36. The van der Waals surface area contributed by atoms with Crippen molar-refractivity contribution in [3.05, 3.63) is 35.4 Å². The van der Waals surface area contributed by atoms with Crippen molar-refractivity contribution in [3.8, 4) is 0 Å². The van der Waals surface area contributed by atoms with Crippen LogP contribution in [0.2, 0.25) is 0 Å². The summed E-state index contributed by atoms with van der Waals surface area (Å²) in [5.74, 6) is -0.381. The largest absolute Gasteiger partial charge is 0.465 e. The fourth-order valence-electron chi connectivity index (χ4n) is 3.49. The monoisotopic (exact) mass is 318 g/mol. The van der Waals surface area contributed by atoms with Crippen molar-refractivity contribution in [2.75, 3.05) is 26.7 Å². The number of ether oxygens (including phenoxy) is 1. The number of likely N-dealkylation sites (tertiary alicyclic amines) is 2. The van der Waals surface area contributed by atoms with E-state index in [4.69, 9.17) is 4.74 Å². The Bertz CT molecular complexity index is 583. The smallest absolute Gasteiger partial charge is 0.407 e. The summed E-state index contributed by atoms with van der Waals surface area (Å²) in [6.07, 6.45) is 2.05. The Labute approximate surface area is 135 Å². The molecule has 2 aliphatic rings. The first-order valence-electron chi connectivity index (χ1n) is 8.02. The van der Waals surface area contributed by atoms with Crippen LogP contribution < -0.4 is 0 Å². The third kappa shape index (κ3) is 3.17. The maximum absolute atomic E-state index is 11.6. The summed E-state index contributed by atoms with van der Waals surface area (Å²) in [5.41, 5.74) is 1.42. The highest BCUT2D eigenvalue weighted by atomic mass is 16.5. The molecule has 1 aromatic rings. The molecule has 0 saturated carbocycles. The van der Waals surface area contributed by atoms with E-state index in [9.17, 15) is 14.7 Å². The molecule has 0 spiro atoms. The van der Waals surface area contributed by atoms with Gasteiger partial charge in [0.05, 0.1) is 18.7 Å². The second-order valence-electron chi connectivity index (χ2n) is 6.17. The lowest BCUT2D eigenvalue weighted by atomic mass is 9.89. The lowest BCUT2D eigenvalue weighted by Crippen LogP contribution is -2.52. The molecule has 1 N–H and O–H groups in total. The van der Waals surface area contributed by atoms with Crippen LogP contribution in [-0.2, 0) is 4.74 Å². The third-order valence-electron chi connectivity index (χ3n) is 4.94. The van der Waals surface area contributed by atoms with E-state index in [1.54, 1.807) is 12.1 Å². The predicted molar refractivity (Wildman–Crippen MR) is 84.5 cm³/mol. The molecule has 2 heterocycles. The molecule has 3 rings (SSSR count). The molecule has 0 aromatic heterocycles. The van der Waals surface area contributed by atoms with Crippen LogP contribution in [0.25, 0.3) is 0 Å². The minimum Gasteiger partial charge on any atom is -0.465 e. The summed E-state index contributed by atoms with van der Waals surface area (Å²) < 4.78 is 4.70. The molecule has 6 heteroatoms. The highest BCUT2D eigenvalue weighted by molar-refractivity contribution is 5.89. The fourth-order valence-corrected chi connectivity index (χ4v) is 3.49. The molecule has 124 valence electrons. The number of benzene rings is 1. The molecule has 1 amide bonds. The van der Waals surface area contributed by atoms with Crippen LogP contribution in [0.5, 0.6) is 0 Å². The first kappa shape index (κ1) is 15.8. The first-order chi connectivity index (χ1) is 11.1. The van der Waals surface area contributed by atoms with Gasteiger partial charge in [0.1, 0.15) is 0 Å². The topological polar surface area (TPSA) is 70.1 Å². The summed E-state index contributed by atoms with van der Waals surface area (Å²) in [4.78, 5) is 27.0. The maximum Gasteiger partial charge on any atom is 0.407 e. The van der Waals surface area contributed by atoms with Gasteiger partial charge in [-0.15, -0.1) is 0 Å². The minimum atomic E-state index is -0.880. The van der Waals surface area contributed by atoms with E-state index >= 15 is 0 Å². The van der Waals surface area contributed by atoms with Crippen molar-refractivity contribution >= 4 is 12.1 Å². The highest BCUT2D eigenvalue weighted by Crippen LogP contribution is 2.34. The van der Waals surface area contributed by atoms with Gasteiger partial charge in [-0.2, -0.15) is 0 Å². The van der Waals surface area contributed by atoms with Crippen LogP contribution in [0.3, 0.4) is 0 Å². The normalized spacial score (nSPS) is 24.8. The van der Waals surface area contributed by atoms with Gasteiger partial charge in [0.2, 0.25) is 0 Å². The molecule has 0 aliphatic carbocycles. The van der Waals surface area contributed by atoms with E-state index < -0.39 is 6.09 Å². The second-order valence-corrected chi connectivity index (χ2v) is 6.17. The Morgan fingerprint density at radius 1 is 1.17 bits per heavy atom. The van der Waals surface area contributed by atoms with Crippen molar-refractivity contribution in [3.63, 3.8) is 0 Å². The number of nitrogens with zero attached hydrogens (tertiary/aromatic N) is 2. The highest BCUT2D eigenvalue weighted by Gasteiger charge is 2.36. The van der Waals surface area contributed by atoms with E-state index in [-0.39, 0.29) is 12.0 Å². The Morgan fingerprint density at radius 3 is 2.39 bits per heavy atom. The standard InChI is InChI=1S/C17H22N2O4/c1-23-16(20)13-5-3-12(4-6-13)15-11-14(18-8-2-9-18)7-10-19(15)17(21)22/h3-6,14-15H,2,7-11H2,1H3,(H,21,22)/t14?,15-/m0/s1. The van der Waals surface area contributed by atoms with Gasteiger partial charge in [-0.05, 0) is 50.0 Å². The Balaban J connectivity index is 1.80. The molecule has 0 radical (unpaired) electrons. The van der Waals surface area contributed by atoms with Crippen LogP contribution in [-0.4, -0.2) is 59.8 Å². The molecule has 2 fully saturated rings. The SMILES string of the molecule is COC(=O)c1ccc([C@@H]2CC(N3CCC3)CCN2C(=O)O)cc1. The summed E-state index contributed by atoms with van der Waals surface area (Å²) in [7, 11) is 1.35. The van der Waals surface area contributed by atoms with Gasteiger partial charge >= 0.3 is 12.1 Å². The average Bonchev–Trinajstić information content (AvgIpc) is 2.52. The minimum absolute atomic E-state index is 0.154. The zero-order valence-corrected chi connectivity index (χ0v) is 13.3. The molecule has 2 saturated heterocycles. The summed E-state index contributed by atoms with van der Waals surface area (Å²) >= 11 is 0. The van der Waals surface area contributed by atoms with E-state index in [0.29, 0.717) is 18.2 Å². The third-order valence-corrected chi connectivity index (χ3v) is 4.94. The van der Waals surface area contributed by atoms with Crippen LogP contribution in [0.4, 0.5) is 4.79 Å². The number of carbonyl (C=O) groups is 2. The van der Waals surface area contributed by atoms with E-state index in [1.165, 1.54) is 18.4 Å². The average molecular weight is 318 g/mol. The summed E-state index contributed by atoms with van der Waals surface area (Å²) in [6.45, 7) is 2.79. The fraction of sp³-hybridized carbons (Fsp3) is 0.529. The van der Waals surface area contributed by atoms with Crippen molar-refractivity contribution in [1.82, 2.24) is 9.80 Å². The number of hydrogen-bond acceptors (Lipinski definition) is 4. The number of esters is 1. The molecular weight excluding hydrogens is 296 g/mol. The zero-order chi connectivity index (χ0) is 16.4. The Hall–Kier alpha value is -2.08. The van der Waals surface area contributed by atoms with E-state index in [1.807, 2.05) is 12.1 Å². The number of carboxylic acid groups (broad SMARTS) is 1. The van der Waals surface area contributed by atoms with Crippen LogP contribution in [0.15, 0.2) is 24.3 Å². The van der Waals surface area contributed by atoms with Gasteiger partial charge in [-0.3, -0.25) is 0 Å². The molecule has 6 nitrogen and oxygen atoms in total. The van der Waals surface area contributed by atoms with Gasteiger partial charge in [0.15, 0.2) is 0 Å². The Morgan fingerprint density at radius 2 is 1.87 bits per heavy atom. The van der Waals surface area contributed by atoms with Crippen LogP contribution in [0, 0.1) is 0 Å². The van der Waals surface area contributed by atoms with E-state index in [2.05, 4.69) is 4.90 Å². The van der Waals surface area contributed by atoms with Crippen molar-refractivity contribution in [1.29, 1.82) is 0 Å². The number of piperidine rings is 1. The van der Waals surface area contributed by atoms with Gasteiger partial charge in [0, 0.05) is 12.6 Å². The van der Waals surface area contributed by atoms with Crippen LogP contribution >= 0.6 is 0 Å². The molecule has 1 aromatic carbocycles. The number of methoxy groups -OCH3 is 1. The second kappa shape index (κ2) is 6.58. The van der Waals surface area contributed by atoms with Gasteiger partial charge < -0.3 is 19.6 Å². The molecule has 23 heavy (non-hydrogen) atoms. The molecule has 1 unspecified atom stereocenters.